The van der Waals surface area contributed by atoms with Gasteiger partial charge in [0.25, 0.3) is 10.0 Å². The zero-order valence-electron chi connectivity index (χ0n) is 22.0. The maximum atomic E-state index is 13.6. The summed E-state index contributed by atoms with van der Waals surface area (Å²) in [6.07, 6.45) is -0.861. The molecule has 1 amide bonds. The number of anilines is 2. The standard InChI is InChI=1S/C30H31N3O6S/c1-38-28-14-13-25(24-10-5-9-23(17-24)21-34)18-29(28)40(36,37)32-26-11-6-12-27(19-26)33(15-16-39-30(31)35)20-22-7-3-2-4-8-22/h2-14,17-19,32,34H,15-16,20-21H2,1H3,(H2,31,35). The fraction of sp³-hybridized carbons (Fsp3) is 0.167. The predicted molar refractivity (Wildman–Crippen MR) is 155 cm³/mol. The number of nitrogens with one attached hydrogen (secondary N) is 1. The molecule has 9 nitrogen and oxygen atoms in total. The van der Waals surface area contributed by atoms with Crippen molar-refractivity contribution in [2.24, 2.45) is 5.73 Å². The number of nitrogens with zero attached hydrogens (tertiary/aromatic N) is 1. The minimum absolute atomic E-state index is 0.0247. The van der Waals surface area contributed by atoms with Gasteiger partial charge in [0, 0.05) is 12.2 Å². The average Bonchev–Trinajstić information content (AvgIpc) is 2.96. The Kier molecular flexibility index (Phi) is 9.26. The molecule has 0 fully saturated rings. The third kappa shape index (κ3) is 7.31. The van der Waals surface area contributed by atoms with Crippen molar-refractivity contribution in [1.82, 2.24) is 0 Å². The molecule has 0 radical (unpaired) electrons. The van der Waals surface area contributed by atoms with E-state index in [1.165, 1.54) is 7.11 Å². The molecule has 0 saturated carbocycles. The first-order chi connectivity index (χ1) is 19.3. The zero-order valence-corrected chi connectivity index (χ0v) is 22.8. The summed E-state index contributed by atoms with van der Waals surface area (Å²) in [6, 6.07) is 28.9. The number of benzene rings is 4. The quantitative estimate of drug-likeness (QED) is 0.227. The van der Waals surface area contributed by atoms with Gasteiger partial charge in [-0.05, 0) is 58.7 Å². The van der Waals surface area contributed by atoms with Gasteiger partial charge in [-0.2, -0.15) is 0 Å². The van der Waals surface area contributed by atoms with Gasteiger partial charge >= 0.3 is 6.09 Å². The second kappa shape index (κ2) is 13.0. The molecule has 10 heteroatoms. The Balaban J connectivity index is 1.63. The molecular formula is C30H31N3O6S. The summed E-state index contributed by atoms with van der Waals surface area (Å²) >= 11 is 0. The van der Waals surface area contributed by atoms with Crippen molar-refractivity contribution in [3.05, 3.63) is 108 Å². The van der Waals surface area contributed by atoms with Gasteiger partial charge in [0.05, 0.1) is 25.9 Å². The normalized spacial score (nSPS) is 11.1. The Morgan fingerprint density at radius 3 is 2.35 bits per heavy atom. The number of sulfonamides is 1. The number of rotatable bonds is 12. The van der Waals surface area contributed by atoms with Crippen LogP contribution in [0.4, 0.5) is 16.2 Å². The van der Waals surface area contributed by atoms with Crippen LogP contribution in [0.2, 0.25) is 0 Å². The van der Waals surface area contributed by atoms with Crippen molar-refractivity contribution in [3.63, 3.8) is 0 Å². The molecule has 0 heterocycles. The van der Waals surface area contributed by atoms with Crippen LogP contribution in [-0.2, 0) is 27.9 Å². The molecule has 40 heavy (non-hydrogen) atoms. The molecule has 4 N–H and O–H groups in total. The fourth-order valence-electron chi connectivity index (χ4n) is 4.25. The number of hydrogen-bond acceptors (Lipinski definition) is 7. The van der Waals surface area contributed by atoms with E-state index in [0.717, 1.165) is 16.8 Å². The number of amides is 1. The van der Waals surface area contributed by atoms with Gasteiger partial charge < -0.3 is 25.2 Å². The lowest BCUT2D eigenvalue weighted by molar-refractivity contribution is 0.159. The second-order valence-electron chi connectivity index (χ2n) is 8.95. The summed E-state index contributed by atoms with van der Waals surface area (Å²) in [5, 5.41) is 9.50. The molecule has 0 aliphatic carbocycles. The molecule has 0 spiro atoms. The van der Waals surface area contributed by atoms with Gasteiger partial charge in [0.1, 0.15) is 17.3 Å². The van der Waals surface area contributed by atoms with E-state index in [9.17, 15) is 18.3 Å². The summed E-state index contributed by atoms with van der Waals surface area (Å²) in [7, 11) is -2.65. The molecule has 0 aliphatic heterocycles. The number of hydrogen-bond donors (Lipinski definition) is 3. The molecule has 0 saturated heterocycles. The Bertz CT molecular complexity index is 1560. The maximum Gasteiger partial charge on any atom is 0.404 e. The number of aliphatic hydroxyl groups excluding tert-OH is 1. The van der Waals surface area contributed by atoms with Crippen LogP contribution in [0.3, 0.4) is 0 Å². The van der Waals surface area contributed by atoms with E-state index in [0.29, 0.717) is 29.9 Å². The molecule has 0 aliphatic rings. The molecule has 0 aromatic heterocycles. The van der Waals surface area contributed by atoms with Crippen molar-refractivity contribution in [2.75, 3.05) is 29.9 Å². The van der Waals surface area contributed by atoms with Gasteiger partial charge in [0.15, 0.2) is 0 Å². The van der Waals surface area contributed by atoms with E-state index < -0.39 is 16.1 Å². The van der Waals surface area contributed by atoms with E-state index in [4.69, 9.17) is 15.2 Å². The van der Waals surface area contributed by atoms with Crippen molar-refractivity contribution in [2.45, 2.75) is 18.0 Å². The highest BCUT2D eigenvalue weighted by Crippen LogP contribution is 2.32. The number of ether oxygens (including phenoxy) is 2. The van der Waals surface area contributed by atoms with Gasteiger partial charge in [-0.3, -0.25) is 4.72 Å². The van der Waals surface area contributed by atoms with E-state index >= 15 is 0 Å². The van der Waals surface area contributed by atoms with Crippen LogP contribution in [0.5, 0.6) is 5.75 Å². The molecule has 4 aromatic carbocycles. The lowest BCUT2D eigenvalue weighted by Crippen LogP contribution is -2.29. The molecular weight excluding hydrogens is 530 g/mol. The van der Waals surface area contributed by atoms with Crippen molar-refractivity contribution < 1.29 is 27.8 Å². The summed E-state index contributed by atoms with van der Waals surface area (Å²) in [6.45, 7) is 0.793. The largest absolute Gasteiger partial charge is 0.495 e. The summed E-state index contributed by atoms with van der Waals surface area (Å²) in [4.78, 5) is 13.0. The lowest BCUT2D eigenvalue weighted by atomic mass is 10.0. The van der Waals surface area contributed by atoms with Gasteiger partial charge in [-0.1, -0.05) is 60.7 Å². The number of carbonyl (C=O) groups excluding carboxylic acids is 1. The zero-order chi connectivity index (χ0) is 28.5. The average molecular weight is 562 g/mol. The van der Waals surface area contributed by atoms with Crippen LogP contribution in [0.15, 0.2) is 102 Å². The number of carbonyl (C=O) groups is 1. The van der Waals surface area contributed by atoms with Crippen LogP contribution in [0.1, 0.15) is 11.1 Å². The number of nitrogens with two attached hydrogens (primary N) is 1. The summed E-state index contributed by atoms with van der Waals surface area (Å²) < 4.78 is 40.2. The van der Waals surface area contributed by atoms with Crippen LogP contribution in [0.25, 0.3) is 11.1 Å². The number of aliphatic hydroxyl groups is 1. The number of primary amides is 1. The third-order valence-electron chi connectivity index (χ3n) is 6.18. The van der Waals surface area contributed by atoms with Crippen molar-refractivity contribution >= 4 is 27.5 Å². The van der Waals surface area contributed by atoms with E-state index in [1.54, 1.807) is 54.6 Å². The van der Waals surface area contributed by atoms with Crippen LogP contribution < -0.4 is 20.1 Å². The van der Waals surface area contributed by atoms with Crippen molar-refractivity contribution in [3.8, 4) is 16.9 Å². The Hall–Kier alpha value is -4.54. The molecule has 208 valence electrons. The molecule has 0 atom stereocenters. The van der Waals surface area contributed by atoms with E-state index in [1.807, 2.05) is 47.4 Å². The predicted octanol–water partition coefficient (Wildman–Crippen LogP) is 4.76. The molecule has 4 aromatic rings. The van der Waals surface area contributed by atoms with Crippen LogP contribution in [0, 0.1) is 0 Å². The van der Waals surface area contributed by atoms with Gasteiger partial charge in [-0.25, -0.2) is 13.2 Å². The summed E-state index contributed by atoms with van der Waals surface area (Å²) in [5.41, 5.74) is 9.37. The first kappa shape index (κ1) is 28.5. The fourth-order valence-corrected chi connectivity index (χ4v) is 5.50. The number of methoxy groups -OCH3 is 1. The Morgan fingerprint density at radius 2 is 1.62 bits per heavy atom. The first-order valence-electron chi connectivity index (χ1n) is 12.5. The topological polar surface area (TPSA) is 131 Å². The van der Waals surface area contributed by atoms with E-state index in [-0.39, 0.29) is 23.9 Å². The van der Waals surface area contributed by atoms with Crippen LogP contribution in [-0.4, -0.2) is 39.9 Å². The Labute approximate surface area is 233 Å². The molecule has 0 unspecified atom stereocenters. The van der Waals surface area contributed by atoms with Gasteiger partial charge in [-0.15, -0.1) is 0 Å². The first-order valence-corrected chi connectivity index (χ1v) is 14.0. The lowest BCUT2D eigenvalue weighted by Gasteiger charge is -2.25. The highest BCUT2D eigenvalue weighted by Gasteiger charge is 2.21. The smallest absolute Gasteiger partial charge is 0.404 e. The summed E-state index contributed by atoms with van der Waals surface area (Å²) in [5.74, 6) is 0.194. The Morgan fingerprint density at radius 1 is 0.900 bits per heavy atom. The van der Waals surface area contributed by atoms with Gasteiger partial charge in [0.2, 0.25) is 0 Å². The highest BCUT2D eigenvalue weighted by atomic mass is 32.2. The van der Waals surface area contributed by atoms with Crippen molar-refractivity contribution in [1.29, 1.82) is 0 Å². The maximum absolute atomic E-state index is 13.6. The minimum Gasteiger partial charge on any atom is -0.495 e. The third-order valence-corrected chi connectivity index (χ3v) is 7.58. The monoisotopic (exact) mass is 561 g/mol. The van der Waals surface area contributed by atoms with Crippen LogP contribution >= 0.6 is 0 Å². The second-order valence-corrected chi connectivity index (χ2v) is 10.6. The molecule has 0 bridgehead atoms. The van der Waals surface area contributed by atoms with E-state index in [2.05, 4.69) is 4.72 Å². The molecule has 4 rings (SSSR count). The minimum atomic E-state index is -4.06. The highest BCUT2D eigenvalue weighted by molar-refractivity contribution is 7.92. The SMILES string of the molecule is COc1ccc(-c2cccc(CO)c2)cc1S(=O)(=O)Nc1cccc(N(CCOC(N)=O)Cc2ccccc2)c1.